The number of aliphatic hydroxyl groups excluding tert-OH is 1. The first-order valence-corrected chi connectivity index (χ1v) is 11.0. The van der Waals surface area contributed by atoms with Crippen molar-refractivity contribution >= 4 is 40.2 Å². The molecule has 2 N–H and O–H groups in total. The lowest BCUT2D eigenvalue weighted by molar-refractivity contribution is -0.121. The second kappa shape index (κ2) is 10.7. The molecule has 0 fully saturated rings. The topological polar surface area (TPSA) is 88.8 Å². The van der Waals surface area contributed by atoms with E-state index in [1.54, 1.807) is 30.8 Å². The monoisotopic (exact) mass is 439 g/mol. The number of carbonyl (C=O) groups is 1. The number of nitrogens with one attached hydrogen (secondary N) is 1. The van der Waals surface area contributed by atoms with Gasteiger partial charge in [-0.15, -0.1) is 0 Å². The van der Waals surface area contributed by atoms with Gasteiger partial charge >= 0.3 is 5.63 Å². The van der Waals surface area contributed by atoms with Crippen molar-refractivity contribution in [3.63, 3.8) is 0 Å². The maximum atomic E-state index is 12.5. The number of rotatable bonds is 10. The second-order valence-corrected chi connectivity index (χ2v) is 8.32. The van der Waals surface area contributed by atoms with E-state index in [2.05, 4.69) is 11.9 Å². The van der Waals surface area contributed by atoms with Crippen LogP contribution in [-0.4, -0.2) is 42.3 Å². The number of fused-ring (bicyclic) bond motifs is 1. The zero-order valence-electron chi connectivity index (χ0n) is 16.8. The van der Waals surface area contributed by atoms with Crippen molar-refractivity contribution in [3.05, 3.63) is 50.9 Å². The van der Waals surface area contributed by atoms with E-state index in [0.717, 1.165) is 11.3 Å². The lowest BCUT2D eigenvalue weighted by atomic mass is 10.0. The standard InChI is InChI=1S/C21H26ClNO5S/c1-12(2)11-27-19-9-18-15(7-17(19)22)13(3)16(21(26)28-18)8-20(25)23-14(10-24)5-6-29-4/h7,9,14,24H,1,5-6,8,10-11H2,2-4H3,(H,23,25). The van der Waals surface area contributed by atoms with Crippen molar-refractivity contribution < 1.29 is 19.1 Å². The maximum absolute atomic E-state index is 12.5. The summed E-state index contributed by atoms with van der Waals surface area (Å²) in [5.74, 6) is 0.874. The molecule has 0 spiro atoms. The molecule has 0 aliphatic carbocycles. The van der Waals surface area contributed by atoms with Crippen LogP contribution in [-0.2, 0) is 11.2 Å². The Morgan fingerprint density at radius 2 is 2.17 bits per heavy atom. The van der Waals surface area contributed by atoms with Gasteiger partial charge in [-0.3, -0.25) is 4.79 Å². The number of hydrogen-bond donors (Lipinski definition) is 2. The summed E-state index contributed by atoms with van der Waals surface area (Å²) < 4.78 is 11.0. The van der Waals surface area contributed by atoms with E-state index in [-0.39, 0.29) is 30.5 Å². The summed E-state index contributed by atoms with van der Waals surface area (Å²) >= 11 is 7.94. The molecule has 2 aromatic rings. The third kappa shape index (κ3) is 6.26. The van der Waals surface area contributed by atoms with Crippen molar-refractivity contribution in [2.45, 2.75) is 32.7 Å². The third-order valence-electron chi connectivity index (χ3n) is 4.41. The van der Waals surface area contributed by atoms with Crippen molar-refractivity contribution in [3.8, 4) is 5.75 Å². The summed E-state index contributed by atoms with van der Waals surface area (Å²) in [6.45, 7) is 7.51. The van der Waals surface area contributed by atoms with Gasteiger partial charge in [0.1, 0.15) is 17.9 Å². The third-order valence-corrected chi connectivity index (χ3v) is 5.35. The van der Waals surface area contributed by atoms with Gasteiger partial charge in [-0.2, -0.15) is 11.8 Å². The fraction of sp³-hybridized carbons (Fsp3) is 0.429. The second-order valence-electron chi connectivity index (χ2n) is 6.92. The lowest BCUT2D eigenvalue weighted by Gasteiger charge is -2.16. The van der Waals surface area contributed by atoms with Crippen LogP contribution >= 0.6 is 23.4 Å². The van der Waals surface area contributed by atoms with Crippen molar-refractivity contribution in [1.29, 1.82) is 0 Å². The number of aliphatic hydroxyl groups is 1. The highest BCUT2D eigenvalue weighted by Gasteiger charge is 2.18. The number of aryl methyl sites for hydroxylation is 1. The summed E-state index contributed by atoms with van der Waals surface area (Å²) in [6.07, 6.45) is 2.47. The minimum Gasteiger partial charge on any atom is -0.488 e. The van der Waals surface area contributed by atoms with E-state index in [1.165, 1.54) is 0 Å². The molecule has 0 aliphatic heterocycles. The highest BCUT2D eigenvalue weighted by Crippen LogP contribution is 2.32. The molecule has 0 saturated heterocycles. The Morgan fingerprint density at radius 3 is 2.79 bits per heavy atom. The van der Waals surface area contributed by atoms with E-state index in [0.29, 0.717) is 40.3 Å². The fourth-order valence-electron chi connectivity index (χ4n) is 2.81. The predicted molar refractivity (Wildman–Crippen MR) is 118 cm³/mol. The van der Waals surface area contributed by atoms with Crippen LogP contribution in [0, 0.1) is 6.92 Å². The van der Waals surface area contributed by atoms with Gasteiger partial charge in [0.15, 0.2) is 0 Å². The van der Waals surface area contributed by atoms with Crippen LogP contribution < -0.4 is 15.7 Å². The molecule has 1 aromatic heterocycles. The Balaban J connectivity index is 2.28. The van der Waals surface area contributed by atoms with E-state index in [9.17, 15) is 14.7 Å². The number of ether oxygens (including phenoxy) is 1. The summed E-state index contributed by atoms with van der Waals surface area (Å²) in [5, 5.41) is 13.2. The van der Waals surface area contributed by atoms with E-state index >= 15 is 0 Å². The van der Waals surface area contributed by atoms with Crippen molar-refractivity contribution in [2.24, 2.45) is 0 Å². The smallest absolute Gasteiger partial charge is 0.340 e. The normalized spacial score (nSPS) is 12.0. The minimum atomic E-state index is -0.581. The van der Waals surface area contributed by atoms with Crippen LogP contribution in [0.1, 0.15) is 24.5 Å². The van der Waals surface area contributed by atoms with Gasteiger partial charge in [0.2, 0.25) is 5.91 Å². The average Bonchev–Trinajstić information content (AvgIpc) is 2.67. The molecule has 1 unspecified atom stereocenters. The van der Waals surface area contributed by atoms with Crippen LogP contribution in [0.5, 0.6) is 5.75 Å². The molecule has 29 heavy (non-hydrogen) atoms. The highest BCUT2D eigenvalue weighted by atomic mass is 35.5. The molecule has 1 aromatic carbocycles. The molecule has 1 heterocycles. The molecule has 8 heteroatoms. The van der Waals surface area contributed by atoms with Gasteiger partial charge in [-0.25, -0.2) is 4.79 Å². The number of carbonyl (C=O) groups excluding carboxylic acids is 1. The van der Waals surface area contributed by atoms with Crippen LogP contribution in [0.3, 0.4) is 0 Å². The molecule has 2 rings (SSSR count). The zero-order chi connectivity index (χ0) is 21.6. The predicted octanol–water partition coefficient (Wildman–Crippen LogP) is 3.48. The van der Waals surface area contributed by atoms with E-state index in [1.807, 2.05) is 13.2 Å². The zero-order valence-corrected chi connectivity index (χ0v) is 18.4. The Morgan fingerprint density at radius 1 is 1.45 bits per heavy atom. The molecule has 0 bridgehead atoms. The first-order chi connectivity index (χ1) is 13.8. The van der Waals surface area contributed by atoms with Gasteiger partial charge in [-0.1, -0.05) is 18.2 Å². The number of hydrogen-bond acceptors (Lipinski definition) is 6. The van der Waals surface area contributed by atoms with Gasteiger partial charge in [-0.05, 0) is 49.5 Å². The molecule has 1 atom stereocenters. The molecule has 6 nitrogen and oxygen atoms in total. The van der Waals surface area contributed by atoms with Crippen LogP contribution in [0.25, 0.3) is 11.0 Å². The highest BCUT2D eigenvalue weighted by molar-refractivity contribution is 7.98. The number of halogens is 1. The molecule has 1 amide bonds. The maximum Gasteiger partial charge on any atom is 0.340 e. The van der Waals surface area contributed by atoms with E-state index < -0.39 is 5.63 Å². The van der Waals surface area contributed by atoms with Crippen LogP contribution in [0.4, 0.5) is 0 Å². The lowest BCUT2D eigenvalue weighted by Crippen LogP contribution is -2.39. The van der Waals surface area contributed by atoms with Gasteiger partial charge < -0.3 is 19.6 Å². The van der Waals surface area contributed by atoms with Crippen molar-refractivity contribution in [1.82, 2.24) is 5.32 Å². The molecule has 0 saturated carbocycles. The SMILES string of the molecule is C=C(C)COc1cc2oc(=O)c(CC(=O)NC(CO)CCSC)c(C)c2cc1Cl. The number of benzene rings is 1. The largest absolute Gasteiger partial charge is 0.488 e. The summed E-state index contributed by atoms with van der Waals surface area (Å²) in [7, 11) is 0. The Kier molecular flexibility index (Phi) is 8.61. The van der Waals surface area contributed by atoms with Crippen LogP contribution in [0.15, 0.2) is 33.5 Å². The Labute approximate surface area is 179 Å². The minimum absolute atomic E-state index is 0.134. The number of thioether (sulfide) groups is 1. The van der Waals surface area contributed by atoms with Crippen LogP contribution in [0.2, 0.25) is 5.02 Å². The fourth-order valence-corrected chi connectivity index (χ4v) is 3.55. The quantitative estimate of drug-likeness (QED) is 0.435. The average molecular weight is 440 g/mol. The van der Waals surface area contributed by atoms with Gasteiger partial charge in [0.25, 0.3) is 0 Å². The Hall–Kier alpha value is -1.96. The summed E-state index contributed by atoms with van der Waals surface area (Å²) in [6, 6.07) is 2.90. The molecular formula is C21H26ClNO5S. The first kappa shape index (κ1) is 23.3. The van der Waals surface area contributed by atoms with E-state index in [4.69, 9.17) is 20.8 Å². The summed E-state index contributed by atoms with van der Waals surface area (Å²) in [4.78, 5) is 24.9. The summed E-state index contributed by atoms with van der Waals surface area (Å²) in [5.41, 5.74) is 1.49. The first-order valence-electron chi connectivity index (χ1n) is 9.19. The number of amides is 1. The molecule has 0 aliphatic rings. The molecule has 0 radical (unpaired) electrons. The van der Waals surface area contributed by atoms with Gasteiger partial charge in [0.05, 0.1) is 29.7 Å². The molecule has 158 valence electrons. The van der Waals surface area contributed by atoms with Gasteiger partial charge in [0, 0.05) is 11.5 Å². The molecular weight excluding hydrogens is 414 g/mol. The Bertz CT molecular complexity index is 956. The van der Waals surface area contributed by atoms with Crippen molar-refractivity contribution in [2.75, 3.05) is 25.2 Å².